The maximum Gasteiger partial charge on any atom is 0.335 e. The summed E-state index contributed by atoms with van der Waals surface area (Å²) in [5.41, 5.74) is 0.204. The summed E-state index contributed by atoms with van der Waals surface area (Å²) in [6.45, 7) is 13.9. The van der Waals surface area contributed by atoms with Gasteiger partial charge in [-0.2, -0.15) is 0 Å². The van der Waals surface area contributed by atoms with Gasteiger partial charge in [-0.15, -0.1) is 0 Å². The molecule has 0 N–H and O–H groups in total. The normalized spacial score (nSPS) is 20.4. The molecule has 1 aliphatic heterocycles. The van der Waals surface area contributed by atoms with Crippen molar-refractivity contribution in [2.45, 2.75) is 60.2 Å². The Labute approximate surface area is 216 Å². The first-order valence-corrected chi connectivity index (χ1v) is 12.9. The van der Waals surface area contributed by atoms with E-state index < -0.39 is 11.0 Å². The maximum atomic E-state index is 13.3. The van der Waals surface area contributed by atoms with E-state index in [2.05, 4.69) is 47.6 Å². The Kier molecular flexibility index (Phi) is 9.24. The Morgan fingerprint density at radius 2 is 1.50 bits per heavy atom. The standard InChI is InChI=1S/C31H42O5/c1-22(2)27(23(3)4)17-18-28-29(32)36-31(30(28,5)6,20-34-19-24-11-9-8-10-12-24)21-35-26-15-13-25(33-7)14-16-26/h8-16,18,22-23,27H,17,19-21H2,1-7H3/b28-18-. The fraction of sp³-hybridized carbons (Fsp3) is 0.516. The molecule has 5 nitrogen and oxygen atoms in total. The summed E-state index contributed by atoms with van der Waals surface area (Å²) < 4.78 is 23.8. The maximum absolute atomic E-state index is 13.3. The highest BCUT2D eigenvalue weighted by molar-refractivity contribution is 5.93. The van der Waals surface area contributed by atoms with E-state index in [9.17, 15) is 4.79 Å². The van der Waals surface area contributed by atoms with Crippen LogP contribution in [0.5, 0.6) is 11.5 Å². The molecule has 1 saturated heterocycles. The zero-order chi connectivity index (χ0) is 26.3. The summed E-state index contributed by atoms with van der Waals surface area (Å²) in [6, 6.07) is 17.4. The van der Waals surface area contributed by atoms with E-state index in [1.807, 2.05) is 54.6 Å². The predicted octanol–water partition coefficient (Wildman–Crippen LogP) is 6.86. The van der Waals surface area contributed by atoms with Gasteiger partial charge in [-0.25, -0.2) is 4.79 Å². The predicted molar refractivity (Wildman–Crippen MR) is 143 cm³/mol. The van der Waals surface area contributed by atoms with Crippen molar-refractivity contribution in [3.63, 3.8) is 0 Å². The van der Waals surface area contributed by atoms with E-state index in [0.717, 1.165) is 17.7 Å². The van der Waals surface area contributed by atoms with Gasteiger partial charge in [-0.1, -0.05) is 78.0 Å². The molecule has 0 aliphatic carbocycles. The van der Waals surface area contributed by atoms with E-state index in [1.165, 1.54) is 0 Å². The lowest BCUT2D eigenvalue weighted by Crippen LogP contribution is -2.51. The molecule has 36 heavy (non-hydrogen) atoms. The Morgan fingerprint density at radius 3 is 2.08 bits per heavy atom. The molecule has 0 amide bonds. The van der Waals surface area contributed by atoms with Crippen LogP contribution in [0.3, 0.4) is 0 Å². The van der Waals surface area contributed by atoms with Crippen LogP contribution < -0.4 is 9.47 Å². The molecule has 2 aromatic carbocycles. The number of carbonyl (C=O) groups excluding carboxylic acids is 1. The highest BCUT2D eigenvalue weighted by Gasteiger charge is 2.59. The van der Waals surface area contributed by atoms with Crippen molar-refractivity contribution < 1.29 is 23.7 Å². The van der Waals surface area contributed by atoms with Crippen molar-refractivity contribution in [2.24, 2.45) is 23.2 Å². The quantitative estimate of drug-likeness (QED) is 0.238. The van der Waals surface area contributed by atoms with Crippen molar-refractivity contribution in [1.29, 1.82) is 0 Å². The molecule has 196 valence electrons. The molecule has 1 unspecified atom stereocenters. The number of carbonyl (C=O) groups is 1. The SMILES string of the molecule is COc1ccc(OCC2(COCc3ccccc3)OC(=O)/C(=C/CC(C(C)C)C(C)C)C2(C)C)cc1. The summed E-state index contributed by atoms with van der Waals surface area (Å²) in [7, 11) is 1.63. The van der Waals surface area contributed by atoms with Gasteiger partial charge in [0, 0.05) is 11.0 Å². The average molecular weight is 495 g/mol. The van der Waals surface area contributed by atoms with Crippen LogP contribution in [0, 0.1) is 23.2 Å². The zero-order valence-corrected chi connectivity index (χ0v) is 22.9. The Balaban J connectivity index is 1.85. The second-order valence-electron chi connectivity index (χ2n) is 11.0. The lowest BCUT2D eigenvalue weighted by Gasteiger charge is -2.38. The van der Waals surface area contributed by atoms with E-state index in [-0.39, 0.29) is 19.2 Å². The summed E-state index contributed by atoms with van der Waals surface area (Å²) in [4.78, 5) is 13.3. The molecule has 2 aromatic rings. The van der Waals surface area contributed by atoms with Crippen molar-refractivity contribution in [3.05, 3.63) is 71.8 Å². The van der Waals surface area contributed by atoms with Gasteiger partial charge in [-0.05, 0) is 54.0 Å². The first kappa shape index (κ1) is 27.8. The summed E-state index contributed by atoms with van der Waals surface area (Å²) in [6.07, 6.45) is 2.93. The van der Waals surface area contributed by atoms with Crippen molar-refractivity contribution in [2.75, 3.05) is 20.3 Å². The van der Waals surface area contributed by atoms with Crippen LogP contribution in [0.25, 0.3) is 0 Å². The van der Waals surface area contributed by atoms with Crippen LogP contribution >= 0.6 is 0 Å². The fourth-order valence-corrected chi connectivity index (χ4v) is 5.01. The molecule has 0 bridgehead atoms. The molecule has 5 heteroatoms. The van der Waals surface area contributed by atoms with Crippen molar-refractivity contribution in [3.8, 4) is 11.5 Å². The third-order valence-corrected chi connectivity index (χ3v) is 7.61. The Hall–Kier alpha value is -2.79. The van der Waals surface area contributed by atoms with E-state index >= 15 is 0 Å². The second-order valence-corrected chi connectivity index (χ2v) is 11.0. The number of allylic oxidation sites excluding steroid dienone is 1. The minimum atomic E-state index is -0.963. The molecular formula is C31H42O5. The van der Waals surface area contributed by atoms with E-state index in [4.69, 9.17) is 18.9 Å². The van der Waals surface area contributed by atoms with E-state index in [1.54, 1.807) is 7.11 Å². The van der Waals surface area contributed by atoms with Gasteiger partial charge in [0.1, 0.15) is 18.1 Å². The largest absolute Gasteiger partial charge is 0.497 e. The van der Waals surface area contributed by atoms with Gasteiger partial charge in [0.05, 0.1) is 20.3 Å². The van der Waals surface area contributed by atoms with Crippen LogP contribution in [0.4, 0.5) is 0 Å². The number of esters is 1. The smallest absolute Gasteiger partial charge is 0.335 e. The number of methoxy groups -OCH3 is 1. The summed E-state index contributed by atoms with van der Waals surface area (Å²) in [5.74, 6) is 2.70. The summed E-state index contributed by atoms with van der Waals surface area (Å²) in [5, 5.41) is 0. The topological polar surface area (TPSA) is 54.0 Å². The van der Waals surface area contributed by atoms with Crippen LogP contribution in [-0.2, 0) is 20.9 Å². The molecular weight excluding hydrogens is 452 g/mol. The molecule has 0 radical (unpaired) electrons. The first-order valence-electron chi connectivity index (χ1n) is 12.9. The minimum Gasteiger partial charge on any atom is -0.497 e. The molecule has 1 heterocycles. The van der Waals surface area contributed by atoms with Crippen LogP contribution in [0.2, 0.25) is 0 Å². The molecule has 0 aromatic heterocycles. The molecule has 0 saturated carbocycles. The lowest BCUT2D eigenvalue weighted by atomic mass is 9.71. The monoisotopic (exact) mass is 494 g/mol. The molecule has 0 spiro atoms. The number of hydrogen-bond acceptors (Lipinski definition) is 5. The van der Waals surface area contributed by atoms with Gasteiger partial charge in [0.25, 0.3) is 0 Å². The fourth-order valence-electron chi connectivity index (χ4n) is 5.01. The number of cyclic esters (lactones) is 1. The highest BCUT2D eigenvalue weighted by Crippen LogP contribution is 2.49. The number of benzene rings is 2. The van der Waals surface area contributed by atoms with Gasteiger partial charge < -0.3 is 18.9 Å². The summed E-state index contributed by atoms with van der Waals surface area (Å²) >= 11 is 0. The minimum absolute atomic E-state index is 0.183. The van der Waals surface area contributed by atoms with Crippen LogP contribution in [0.15, 0.2) is 66.2 Å². The third-order valence-electron chi connectivity index (χ3n) is 7.61. The lowest BCUT2D eigenvalue weighted by molar-refractivity contribution is -0.166. The zero-order valence-electron chi connectivity index (χ0n) is 22.9. The highest BCUT2D eigenvalue weighted by atomic mass is 16.6. The molecule has 1 aliphatic rings. The van der Waals surface area contributed by atoms with E-state index in [0.29, 0.717) is 35.7 Å². The van der Waals surface area contributed by atoms with Gasteiger partial charge >= 0.3 is 5.97 Å². The Bertz CT molecular complexity index is 999. The average Bonchev–Trinajstić information content (AvgIpc) is 3.03. The van der Waals surface area contributed by atoms with Crippen LogP contribution in [0.1, 0.15) is 53.5 Å². The van der Waals surface area contributed by atoms with Crippen molar-refractivity contribution >= 4 is 5.97 Å². The third kappa shape index (κ3) is 6.31. The van der Waals surface area contributed by atoms with Crippen molar-refractivity contribution in [1.82, 2.24) is 0 Å². The molecule has 1 atom stereocenters. The van der Waals surface area contributed by atoms with Crippen LogP contribution in [-0.4, -0.2) is 31.9 Å². The molecule has 1 fully saturated rings. The number of hydrogen-bond donors (Lipinski definition) is 0. The first-order chi connectivity index (χ1) is 17.1. The Morgan fingerprint density at radius 1 is 0.889 bits per heavy atom. The number of rotatable bonds is 12. The van der Waals surface area contributed by atoms with Gasteiger partial charge in [0.15, 0.2) is 5.60 Å². The van der Waals surface area contributed by atoms with Gasteiger partial charge in [0.2, 0.25) is 0 Å². The molecule has 3 rings (SSSR count). The van der Waals surface area contributed by atoms with Gasteiger partial charge in [-0.3, -0.25) is 0 Å². The second kappa shape index (κ2) is 12.0. The number of ether oxygens (including phenoxy) is 4.